The van der Waals surface area contributed by atoms with Crippen LogP contribution in [0, 0.1) is 5.41 Å². The Balaban J connectivity index is 2.34. The molecule has 0 unspecified atom stereocenters. The molecule has 0 heterocycles. The van der Waals surface area contributed by atoms with Gasteiger partial charge in [-0.05, 0) is 33.4 Å². The number of rotatable bonds is 7. The van der Waals surface area contributed by atoms with Crippen molar-refractivity contribution in [2.75, 3.05) is 20.2 Å². The van der Waals surface area contributed by atoms with Gasteiger partial charge >= 0.3 is 5.97 Å². The Bertz CT molecular complexity index is 265. The summed E-state index contributed by atoms with van der Waals surface area (Å²) in [5.41, 5.74) is 0.175. The van der Waals surface area contributed by atoms with E-state index >= 15 is 0 Å². The molecular weight excluding hydrogens is 218 g/mol. The Morgan fingerprint density at radius 2 is 2.18 bits per heavy atom. The number of ether oxygens (including phenoxy) is 1. The fourth-order valence-corrected chi connectivity index (χ4v) is 2.73. The normalized spacial score (nSPS) is 26.9. The van der Waals surface area contributed by atoms with Crippen LogP contribution in [0.5, 0.6) is 0 Å². The second-order valence-corrected chi connectivity index (χ2v) is 5.49. The molecule has 1 fully saturated rings. The first kappa shape index (κ1) is 14.5. The lowest BCUT2D eigenvalue weighted by atomic mass is 9.64. The van der Waals surface area contributed by atoms with Crippen molar-refractivity contribution < 1.29 is 14.6 Å². The monoisotopic (exact) mass is 243 g/mol. The van der Waals surface area contributed by atoms with Gasteiger partial charge in [-0.2, -0.15) is 0 Å². The summed E-state index contributed by atoms with van der Waals surface area (Å²) in [6.45, 7) is 8.10. The quantitative estimate of drug-likeness (QED) is 0.743. The predicted octanol–water partition coefficient (Wildman–Crippen LogP) is 1.99. The molecule has 0 aromatic heterocycles. The molecule has 1 aliphatic rings. The fraction of sp³-hybridized carbons (Fsp3) is 0.923. The summed E-state index contributed by atoms with van der Waals surface area (Å²) in [4.78, 5) is 12.7. The van der Waals surface area contributed by atoms with Crippen LogP contribution in [-0.2, 0) is 9.53 Å². The molecule has 4 heteroatoms. The lowest BCUT2D eigenvalue weighted by Gasteiger charge is -2.55. The van der Waals surface area contributed by atoms with E-state index in [2.05, 4.69) is 25.8 Å². The molecule has 4 nitrogen and oxygen atoms in total. The lowest BCUT2D eigenvalue weighted by molar-refractivity contribution is -0.146. The maximum atomic E-state index is 10.5. The van der Waals surface area contributed by atoms with E-state index in [1.807, 2.05) is 6.92 Å². The van der Waals surface area contributed by atoms with Crippen LogP contribution in [0.3, 0.4) is 0 Å². The van der Waals surface area contributed by atoms with Gasteiger partial charge < -0.3 is 14.7 Å². The number of nitrogens with zero attached hydrogens (tertiary/aromatic N) is 1. The molecular formula is C13H25NO3. The van der Waals surface area contributed by atoms with Gasteiger partial charge in [0.15, 0.2) is 0 Å². The number of hydrogen-bond acceptors (Lipinski definition) is 3. The predicted molar refractivity (Wildman–Crippen MR) is 67.1 cm³/mol. The fourth-order valence-electron chi connectivity index (χ4n) is 2.73. The second kappa shape index (κ2) is 5.83. The van der Waals surface area contributed by atoms with Crippen LogP contribution < -0.4 is 0 Å². The molecule has 0 bridgehead atoms. The third-order valence-electron chi connectivity index (χ3n) is 3.93. The van der Waals surface area contributed by atoms with E-state index in [9.17, 15) is 4.79 Å². The molecule has 0 spiro atoms. The Morgan fingerprint density at radius 1 is 1.53 bits per heavy atom. The Labute approximate surface area is 104 Å². The summed E-state index contributed by atoms with van der Waals surface area (Å²) >= 11 is 0. The maximum absolute atomic E-state index is 10.5. The molecule has 1 aliphatic carbocycles. The molecule has 0 saturated heterocycles. The molecule has 0 amide bonds. The van der Waals surface area contributed by atoms with Crippen LogP contribution in [0.25, 0.3) is 0 Å². The molecule has 1 saturated carbocycles. The first-order valence-electron chi connectivity index (χ1n) is 6.43. The molecule has 2 atom stereocenters. The number of aliphatic carboxylic acids is 1. The summed E-state index contributed by atoms with van der Waals surface area (Å²) < 4.78 is 5.70. The number of hydrogen-bond donors (Lipinski definition) is 1. The van der Waals surface area contributed by atoms with Crippen molar-refractivity contribution in [1.29, 1.82) is 0 Å². The summed E-state index contributed by atoms with van der Waals surface area (Å²) in [7, 11) is 2.08. The zero-order chi connectivity index (χ0) is 13.1. The SMILES string of the molecule is CCO[C@@H]1C[C@@H](N(C)CCCC(=O)O)C1(C)C. The third kappa shape index (κ3) is 3.42. The highest BCUT2D eigenvalue weighted by molar-refractivity contribution is 5.66. The van der Waals surface area contributed by atoms with Gasteiger partial charge in [-0.25, -0.2) is 0 Å². The Hall–Kier alpha value is -0.610. The minimum atomic E-state index is -0.710. The average molecular weight is 243 g/mol. The zero-order valence-corrected chi connectivity index (χ0v) is 11.4. The molecule has 1 rings (SSSR count). The van der Waals surface area contributed by atoms with Crippen molar-refractivity contribution in [3.8, 4) is 0 Å². The van der Waals surface area contributed by atoms with E-state index < -0.39 is 5.97 Å². The van der Waals surface area contributed by atoms with Crippen molar-refractivity contribution in [2.45, 2.75) is 52.2 Å². The van der Waals surface area contributed by atoms with Crippen LogP contribution in [0.15, 0.2) is 0 Å². The van der Waals surface area contributed by atoms with Crippen molar-refractivity contribution in [3.63, 3.8) is 0 Å². The first-order valence-corrected chi connectivity index (χ1v) is 6.43. The molecule has 0 aliphatic heterocycles. The molecule has 100 valence electrons. The first-order chi connectivity index (χ1) is 7.89. The van der Waals surface area contributed by atoms with E-state index in [0.29, 0.717) is 12.1 Å². The highest BCUT2D eigenvalue weighted by atomic mass is 16.5. The standard InChI is InChI=1S/C13H25NO3/c1-5-17-11-9-10(13(11,2)3)14(4)8-6-7-12(15)16/h10-11H,5-9H2,1-4H3,(H,15,16)/t10-,11-/m1/s1. The second-order valence-electron chi connectivity index (χ2n) is 5.49. The van der Waals surface area contributed by atoms with E-state index in [0.717, 1.165) is 26.0 Å². The minimum absolute atomic E-state index is 0.175. The third-order valence-corrected chi connectivity index (χ3v) is 3.93. The van der Waals surface area contributed by atoms with Crippen molar-refractivity contribution in [1.82, 2.24) is 4.90 Å². The highest BCUT2D eigenvalue weighted by Crippen LogP contribution is 2.45. The summed E-state index contributed by atoms with van der Waals surface area (Å²) in [5.74, 6) is -0.710. The van der Waals surface area contributed by atoms with Gasteiger partial charge in [-0.3, -0.25) is 4.79 Å². The maximum Gasteiger partial charge on any atom is 0.303 e. The van der Waals surface area contributed by atoms with E-state index in [1.54, 1.807) is 0 Å². The molecule has 1 N–H and O–H groups in total. The van der Waals surface area contributed by atoms with E-state index in [-0.39, 0.29) is 11.8 Å². The minimum Gasteiger partial charge on any atom is -0.481 e. The van der Waals surface area contributed by atoms with Crippen molar-refractivity contribution in [3.05, 3.63) is 0 Å². The molecule has 0 radical (unpaired) electrons. The highest BCUT2D eigenvalue weighted by Gasteiger charge is 2.50. The summed E-state index contributed by atoms with van der Waals surface area (Å²) in [6.07, 6.45) is 2.38. The largest absolute Gasteiger partial charge is 0.481 e. The smallest absolute Gasteiger partial charge is 0.303 e. The van der Waals surface area contributed by atoms with Crippen LogP contribution in [0.4, 0.5) is 0 Å². The van der Waals surface area contributed by atoms with E-state index in [1.165, 1.54) is 0 Å². The average Bonchev–Trinajstić information content (AvgIpc) is 2.22. The van der Waals surface area contributed by atoms with Crippen LogP contribution in [-0.4, -0.2) is 48.3 Å². The van der Waals surface area contributed by atoms with Gasteiger partial charge in [-0.1, -0.05) is 13.8 Å². The van der Waals surface area contributed by atoms with Gasteiger partial charge in [-0.15, -0.1) is 0 Å². The topological polar surface area (TPSA) is 49.8 Å². The van der Waals surface area contributed by atoms with Gasteiger partial charge in [0.1, 0.15) is 0 Å². The van der Waals surface area contributed by atoms with Gasteiger partial charge in [0.2, 0.25) is 0 Å². The Morgan fingerprint density at radius 3 is 2.65 bits per heavy atom. The van der Waals surface area contributed by atoms with Gasteiger partial charge in [0.05, 0.1) is 6.10 Å². The van der Waals surface area contributed by atoms with Crippen LogP contribution >= 0.6 is 0 Å². The zero-order valence-electron chi connectivity index (χ0n) is 11.4. The summed E-state index contributed by atoms with van der Waals surface area (Å²) in [6, 6.07) is 0.507. The van der Waals surface area contributed by atoms with Crippen LogP contribution in [0.1, 0.15) is 40.0 Å². The number of carbonyl (C=O) groups is 1. The number of carboxylic acid groups (broad SMARTS) is 1. The number of carboxylic acids is 1. The summed E-state index contributed by atoms with van der Waals surface area (Å²) in [5, 5.41) is 8.61. The van der Waals surface area contributed by atoms with Crippen LogP contribution in [0.2, 0.25) is 0 Å². The van der Waals surface area contributed by atoms with Gasteiger partial charge in [0.25, 0.3) is 0 Å². The van der Waals surface area contributed by atoms with Gasteiger partial charge in [0, 0.05) is 24.5 Å². The molecule has 0 aromatic carbocycles. The van der Waals surface area contributed by atoms with E-state index in [4.69, 9.17) is 9.84 Å². The molecule has 17 heavy (non-hydrogen) atoms. The lowest BCUT2D eigenvalue weighted by Crippen LogP contribution is -2.61. The Kier molecular flexibility index (Phi) is 4.95. The van der Waals surface area contributed by atoms with Crippen molar-refractivity contribution in [2.24, 2.45) is 5.41 Å². The van der Waals surface area contributed by atoms with Crippen molar-refractivity contribution >= 4 is 5.97 Å². The molecule has 0 aromatic rings.